The van der Waals surface area contributed by atoms with E-state index >= 15 is 0 Å². The molecule has 3 rings (SSSR count). The van der Waals surface area contributed by atoms with Crippen LogP contribution in [0.2, 0.25) is 0 Å². The molecule has 28 heavy (non-hydrogen) atoms. The fourth-order valence-corrected chi connectivity index (χ4v) is 3.81. The molecule has 0 bridgehead atoms. The van der Waals surface area contributed by atoms with Crippen molar-refractivity contribution in [3.63, 3.8) is 0 Å². The van der Waals surface area contributed by atoms with E-state index in [4.69, 9.17) is 0 Å². The summed E-state index contributed by atoms with van der Waals surface area (Å²) >= 11 is 0. The van der Waals surface area contributed by atoms with Crippen LogP contribution in [0.3, 0.4) is 0 Å². The predicted octanol–water partition coefficient (Wildman–Crippen LogP) is 3.67. The minimum absolute atomic E-state index is 0. The number of benzene rings is 2. The topological polar surface area (TPSA) is 76.1 Å². The van der Waals surface area contributed by atoms with E-state index in [-0.39, 0.29) is 58.7 Å². The number of aromatic nitrogens is 1. The number of para-hydroxylation sites is 1. The number of pyridine rings is 1. The van der Waals surface area contributed by atoms with Crippen molar-refractivity contribution in [2.75, 3.05) is 4.72 Å². The zero-order valence-electron chi connectivity index (χ0n) is 15.1. The number of carbonyl (C=O) groups is 1. The van der Waals surface area contributed by atoms with Crippen LogP contribution in [0.25, 0.3) is 0 Å². The number of hydrogen-bond acceptors (Lipinski definition) is 4. The standard InChI is InChI=1S/C21H18N2O3S.U/c1-3-17-15(2)13-14-22-20(17)21(24)18-11-7-8-12-19(18)23-27(25,26)16-9-5-4-6-10-16;/h4-14,23H,1-3H2;/q-2;+2. The first-order chi connectivity index (χ1) is 12.9. The van der Waals surface area contributed by atoms with E-state index in [2.05, 4.69) is 23.6 Å². The molecule has 0 aliphatic heterocycles. The Kier molecular flexibility index (Phi) is 7.48. The summed E-state index contributed by atoms with van der Waals surface area (Å²) in [6, 6.07) is 16.1. The first-order valence-corrected chi connectivity index (χ1v) is 9.73. The van der Waals surface area contributed by atoms with Crippen molar-refractivity contribution in [3.05, 3.63) is 103 Å². The van der Waals surface area contributed by atoms with Gasteiger partial charge in [0, 0.05) is 5.56 Å². The Balaban J connectivity index is 0.00000280. The van der Waals surface area contributed by atoms with Gasteiger partial charge in [-0.05, 0) is 30.5 Å². The van der Waals surface area contributed by atoms with Crippen molar-refractivity contribution < 1.29 is 44.3 Å². The van der Waals surface area contributed by atoms with Crippen molar-refractivity contribution in [2.24, 2.45) is 0 Å². The van der Waals surface area contributed by atoms with Crippen molar-refractivity contribution >= 4 is 21.5 Å². The van der Waals surface area contributed by atoms with E-state index in [0.717, 1.165) is 0 Å². The molecular formula is C21H18N2O3SU. The minimum Gasteiger partial charge on any atom is -0.350 e. The largest absolute Gasteiger partial charge is 2.00 e. The summed E-state index contributed by atoms with van der Waals surface area (Å²) in [5.41, 5.74) is 1.94. The van der Waals surface area contributed by atoms with Crippen LogP contribution >= 0.6 is 0 Å². The second-order valence-electron chi connectivity index (χ2n) is 5.84. The third-order valence-electron chi connectivity index (χ3n) is 4.09. The quantitative estimate of drug-likeness (QED) is 0.339. The summed E-state index contributed by atoms with van der Waals surface area (Å²) in [4.78, 5) is 17.4. The van der Waals surface area contributed by atoms with Crippen molar-refractivity contribution in [3.8, 4) is 0 Å². The van der Waals surface area contributed by atoms with Crippen LogP contribution in [0.4, 0.5) is 5.69 Å². The van der Waals surface area contributed by atoms with E-state index in [1.165, 1.54) is 18.3 Å². The Morgan fingerprint density at radius 2 is 1.64 bits per heavy atom. The number of hydrogen-bond donors (Lipinski definition) is 1. The van der Waals surface area contributed by atoms with E-state index in [1.54, 1.807) is 48.5 Å². The molecule has 0 atom stereocenters. The smallest absolute Gasteiger partial charge is 0.350 e. The summed E-state index contributed by atoms with van der Waals surface area (Å²) in [5, 5.41) is 0. The summed E-state index contributed by atoms with van der Waals surface area (Å²) < 4.78 is 27.8. The van der Waals surface area contributed by atoms with Crippen LogP contribution in [0.15, 0.2) is 71.8 Å². The molecule has 0 saturated carbocycles. The maximum absolute atomic E-state index is 13.1. The number of ketones is 1. The molecule has 5 nitrogen and oxygen atoms in total. The molecule has 0 fully saturated rings. The van der Waals surface area contributed by atoms with Gasteiger partial charge >= 0.3 is 31.1 Å². The molecule has 140 valence electrons. The zero-order chi connectivity index (χ0) is 19.4. The van der Waals surface area contributed by atoms with Gasteiger partial charge in [0.1, 0.15) is 0 Å². The molecule has 1 aromatic heterocycles. The number of sulfonamides is 1. The van der Waals surface area contributed by atoms with Crippen LogP contribution < -0.4 is 4.72 Å². The fraction of sp³-hybridized carbons (Fsp3) is 0.0476. The van der Waals surface area contributed by atoms with E-state index in [1.807, 2.05) is 0 Å². The fourth-order valence-electron chi connectivity index (χ4n) is 2.71. The van der Waals surface area contributed by atoms with Crippen molar-refractivity contribution in [2.45, 2.75) is 11.3 Å². The number of nitrogens with one attached hydrogen (secondary N) is 1. The van der Waals surface area contributed by atoms with Crippen LogP contribution in [-0.2, 0) is 16.4 Å². The first kappa shape index (κ1) is 22.2. The van der Waals surface area contributed by atoms with Gasteiger partial charge in [0.05, 0.1) is 16.3 Å². The normalized spacial score (nSPS) is 10.8. The van der Waals surface area contributed by atoms with Crippen LogP contribution in [-0.4, -0.2) is 19.2 Å². The minimum atomic E-state index is -3.82. The molecule has 0 saturated heterocycles. The monoisotopic (exact) mass is 616 g/mol. The van der Waals surface area contributed by atoms with Gasteiger partial charge in [-0.1, -0.05) is 30.3 Å². The Labute approximate surface area is 189 Å². The summed E-state index contributed by atoms with van der Waals surface area (Å²) in [7, 11) is -3.82. The first-order valence-electron chi connectivity index (χ1n) is 8.24. The number of anilines is 1. The molecule has 0 aliphatic rings. The van der Waals surface area contributed by atoms with Crippen molar-refractivity contribution in [1.29, 1.82) is 0 Å². The maximum atomic E-state index is 13.1. The van der Waals surface area contributed by atoms with E-state index in [9.17, 15) is 13.2 Å². The van der Waals surface area contributed by atoms with E-state index < -0.39 is 10.0 Å². The molecule has 0 radical (unpaired) electrons. The predicted molar refractivity (Wildman–Crippen MR) is 105 cm³/mol. The zero-order valence-corrected chi connectivity index (χ0v) is 20.0. The average molecular weight is 616 g/mol. The second-order valence-corrected chi connectivity index (χ2v) is 7.52. The third-order valence-corrected chi connectivity index (χ3v) is 5.47. The SMILES string of the molecule is [CH2-]Cc1c([CH2-])ccnc1C(=O)c1ccccc1NS(=O)(=O)c1ccccc1.[U+2]. The van der Waals surface area contributed by atoms with Gasteiger partial charge in [-0.2, -0.15) is 12.5 Å². The Bertz CT molecular complexity index is 1080. The molecule has 3 aromatic rings. The second kappa shape index (κ2) is 9.42. The summed E-state index contributed by atoms with van der Waals surface area (Å²) in [6.45, 7) is 7.74. The molecule has 7 heteroatoms. The van der Waals surface area contributed by atoms with Gasteiger partial charge in [-0.25, -0.2) is 14.8 Å². The Hall–Kier alpha value is -2.07. The Morgan fingerprint density at radius 1 is 1.00 bits per heavy atom. The maximum Gasteiger partial charge on any atom is 2.00 e. The molecule has 1 heterocycles. The van der Waals surface area contributed by atoms with Gasteiger partial charge < -0.3 is 6.92 Å². The molecule has 0 aliphatic carbocycles. The molecular weight excluding hydrogens is 598 g/mol. The van der Waals surface area contributed by atoms with Crippen molar-refractivity contribution in [1.82, 2.24) is 4.98 Å². The van der Waals surface area contributed by atoms with Crippen LogP contribution in [0, 0.1) is 45.0 Å². The van der Waals surface area contributed by atoms with Gasteiger partial charge in [0.25, 0.3) is 10.0 Å². The van der Waals surface area contributed by atoms with Crippen LogP contribution in [0.1, 0.15) is 27.2 Å². The third kappa shape index (κ3) is 4.67. The average Bonchev–Trinajstić information content (AvgIpc) is 2.68. The molecule has 1 N–H and O–H groups in total. The van der Waals surface area contributed by atoms with Gasteiger partial charge in [-0.3, -0.25) is 14.5 Å². The van der Waals surface area contributed by atoms with Gasteiger partial charge in [0.15, 0.2) is 0 Å². The summed E-state index contributed by atoms with van der Waals surface area (Å²) in [6.07, 6.45) is 1.86. The number of rotatable bonds is 6. The van der Waals surface area contributed by atoms with Gasteiger partial charge in [-0.15, -0.1) is 11.6 Å². The molecule has 0 spiro atoms. The number of nitrogens with zero attached hydrogens (tertiary/aromatic N) is 1. The molecule has 2 aromatic carbocycles. The van der Waals surface area contributed by atoms with Crippen LogP contribution in [0.5, 0.6) is 0 Å². The van der Waals surface area contributed by atoms with E-state index in [0.29, 0.717) is 17.5 Å². The molecule has 0 unspecified atom stereocenters. The summed E-state index contributed by atoms with van der Waals surface area (Å²) in [5.74, 6) is -0.384. The molecule has 0 amide bonds. The Morgan fingerprint density at radius 3 is 2.32 bits per heavy atom. The number of carbonyl (C=O) groups excluding carboxylic acids is 1. The van der Waals surface area contributed by atoms with Gasteiger partial charge in [0.2, 0.25) is 5.78 Å².